The quantitative estimate of drug-likeness (QED) is 0.273. The zero-order valence-electron chi connectivity index (χ0n) is 12.7. The zero-order chi connectivity index (χ0) is 15.2. The van der Waals surface area contributed by atoms with Crippen molar-refractivity contribution in [3.05, 3.63) is 41.1 Å². The maximum atomic E-state index is 12.2. The molecule has 1 aromatic rings. The summed E-state index contributed by atoms with van der Waals surface area (Å²) in [5, 5.41) is 12.2. The summed E-state index contributed by atoms with van der Waals surface area (Å²) in [5.74, 6) is -0.523. The summed E-state index contributed by atoms with van der Waals surface area (Å²) in [7, 11) is 0. The average molecular weight is 277 g/mol. The van der Waals surface area contributed by atoms with Gasteiger partial charge in [0.15, 0.2) is 6.54 Å². The van der Waals surface area contributed by atoms with Gasteiger partial charge in [0.2, 0.25) is 0 Å². The molecule has 110 valence electrons. The average Bonchev–Trinajstić information content (AvgIpc) is 2.34. The number of ether oxygens (including phenoxy) is 1. The van der Waals surface area contributed by atoms with Crippen molar-refractivity contribution in [1.82, 2.24) is 0 Å². The van der Waals surface area contributed by atoms with Crippen molar-refractivity contribution in [3.63, 3.8) is 0 Å². The Morgan fingerprint density at radius 1 is 1.25 bits per heavy atom. The number of benzene rings is 1. The number of nitrogens with zero attached hydrogens (tertiary/aromatic N) is 1. The number of carbonyl (C=O) groups is 1. The van der Waals surface area contributed by atoms with Crippen LogP contribution >= 0.6 is 0 Å². The number of carbonyl (C=O) groups excluding carboxylic acids is 1. The molecule has 4 heteroatoms. The van der Waals surface area contributed by atoms with Gasteiger partial charge in [-0.3, -0.25) is 0 Å². The monoisotopic (exact) mass is 277 g/mol. The van der Waals surface area contributed by atoms with Gasteiger partial charge in [-0.1, -0.05) is 37.3 Å². The largest absolute Gasteiger partial charge is 0.623 e. The molecule has 0 saturated carbocycles. The molecule has 0 aliphatic rings. The zero-order valence-corrected chi connectivity index (χ0v) is 12.7. The van der Waals surface area contributed by atoms with Crippen LogP contribution < -0.4 is 0 Å². The molecule has 4 nitrogen and oxygen atoms in total. The summed E-state index contributed by atoms with van der Waals surface area (Å²) in [6.45, 7) is 7.47. The van der Waals surface area contributed by atoms with E-state index in [2.05, 4.69) is 0 Å². The molecular weight excluding hydrogens is 254 g/mol. The highest BCUT2D eigenvalue weighted by Crippen LogP contribution is 2.10. The molecule has 0 saturated heterocycles. The van der Waals surface area contributed by atoms with Crippen LogP contribution in [0.1, 0.15) is 46.1 Å². The Labute approximate surface area is 120 Å². The van der Waals surface area contributed by atoms with Crippen LogP contribution in [0.25, 0.3) is 0 Å². The van der Waals surface area contributed by atoms with Crippen molar-refractivity contribution in [2.45, 2.75) is 52.7 Å². The highest BCUT2D eigenvalue weighted by Gasteiger charge is 2.26. The molecule has 20 heavy (non-hydrogen) atoms. The van der Waals surface area contributed by atoms with E-state index in [4.69, 9.17) is 4.74 Å². The van der Waals surface area contributed by atoms with Crippen LogP contribution in [0, 0.1) is 5.21 Å². The molecule has 0 bridgehead atoms. The molecule has 0 atom stereocenters. The van der Waals surface area contributed by atoms with Gasteiger partial charge in [-0.15, -0.1) is 0 Å². The van der Waals surface area contributed by atoms with Crippen molar-refractivity contribution in [2.24, 2.45) is 0 Å². The van der Waals surface area contributed by atoms with Crippen molar-refractivity contribution >= 4 is 11.7 Å². The predicted molar refractivity (Wildman–Crippen MR) is 79.5 cm³/mol. The Balaban J connectivity index is 2.92. The summed E-state index contributed by atoms with van der Waals surface area (Å²) in [4.78, 5) is 12.1. The molecule has 0 aliphatic heterocycles. The Morgan fingerprint density at radius 3 is 2.35 bits per heavy atom. The lowest BCUT2D eigenvalue weighted by Crippen LogP contribution is -2.33. The summed E-state index contributed by atoms with van der Waals surface area (Å²) in [6.07, 6.45) is 1.15. The predicted octanol–water partition coefficient (Wildman–Crippen LogP) is 3.28. The Hall–Kier alpha value is -1.84. The first-order valence-corrected chi connectivity index (χ1v) is 6.91. The molecule has 1 aromatic carbocycles. The topological polar surface area (TPSA) is 52.4 Å². The first-order valence-electron chi connectivity index (χ1n) is 6.91. The summed E-state index contributed by atoms with van der Waals surface area (Å²) in [6, 6.07) is 9.36. The van der Waals surface area contributed by atoms with Crippen molar-refractivity contribution in [3.8, 4) is 0 Å². The third-order valence-corrected chi connectivity index (χ3v) is 2.59. The van der Waals surface area contributed by atoms with Gasteiger partial charge < -0.3 is 9.94 Å². The molecule has 0 aromatic heterocycles. The summed E-state index contributed by atoms with van der Waals surface area (Å²) < 4.78 is 6.04. The lowest BCUT2D eigenvalue weighted by atomic mass is 10.1. The molecule has 0 aliphatic carbocycles. The van der Waals surface area contributed by atoms with Gasteiger partial charge >= 0.3 is 5.97 Å². The lowest BCUT2D eigenvalue weighted by Gasteiger charge is -2.20. The minimum Gasteiger partial charge on any atom is -0.623 e. The second kappa shape index (κ2) is 7.08. The van der Waals surface area contributed by atoms with Crippen LogP contribution in [-0.2, 0) is 16.1 Å². The maximum absolute atomic E-state index is 12.2. The van der Waals surface area contributed by atoms with E-state index in [1.807, 2.05) is 37.3 Å². The smallest absolute Gasteiger partial charge is 0.400 e. The Kier molecular flexibility index (Phi) is 5.74. The van der Waals surface area contributed by atoms with Crippen LogP contribution in [0.2, 0.25) is 0 Å². The highest BCUT2D eigenvalue weighted by molar-refractivity contribution is 6.34. The number of hydroxylamine groups is 1. The van der Waals surface area contributed by atoms with Crippen LogP contribution in [-0.4, -0.2) is 22.0 Å². The van der Waals surface area contributed by atoms with Gasteiger partial charge in [-0.25, -0.2) is 4.79 Å². The van der Waals surface area contributed by atoms with Crippen LogP contribution in [0.4, 0.5) is 0 Å². The summed E-state index contributed by atoms with van der Waals surface area (Å²) >= 11 is 0. The number of hydrogen-bond acceptors (Lipinski definition) is 3. The van der Waals surface area contributed by atoms with E-state index in [1.165, 1.54) is 0 Å². The second-order valence-electron chi connectivity index (χ2n) is 5.72. The second-order valence-corrected chi connectivity index (χ2v) is 5.72. The van der Waals surface area contributed by atoms with Gasteiger partial charge in [0, 0.05) is 12.0 Å². The van der Waals surface area contributed by atoms with Gasteiger partial charge in [-0.05, 0) is 27.2 Å². The van der Waals surface area contributed by atoms with E-state index in [0.29, 0.717) is 6.42 Å². The Bertz CT molecular complexity index is 472. The van der Waals surface area contributed by atoms with Crippen LogP contribution in [0.15, 0.2) is 30.3 Å². The fourth-order valence-corrected chi connectivity index (χ4v) is 1.75. The highest BCUT2D eigenvalue weighted by atomic mass is 16.6. The number of esters is 1. The van der Waals surface area contributed by atoms with Gasteiger partial charge in [-0.2, -0.15) is 4.74 Å². The standard InChI is InChI=1S/C16H23NO3/c1-5-9-14(15(18)20-16(2,3)4)17(19)12-13-10-7-6-8-11-13/h6-8,10-11H,5,9,12H2,1-4H3/b17-14+. The SMILES string of the molecule is CCC/C(C(=O)OC(C)(C)C)=[N+](\[O-])Cc1ccccc1. The molecule has 0 spiro atoms. The van der Waals surface area contributed by atoms with E-state index in [1.54, 1.807) is 20.8 Å². The molecule has 0 heterocycles. The van der Waals surface area contributed by atoms with E-state index in [0.717, 1.165) is 16.7 Å². The van der Waals surface area contributed by atoms with Crippen molar-refractivity contribution in [1.29, 1.82) is 0 Å². The fraction of sp³-hybridized carbons (Fsp3) is 0.500. The normalized spacial score (nSPS) is 12.8. The molecular formula is C16H23NO3. The minimum absolute atomic E-state index is 0.162. The molecule has 0 N–H and O–H groups in total. The van der Waals surface area contributed by atoms with Crippen molar-refractivity contribution in [2.75, 3.05) is 0 Å². The van der Waals surface area contributed by atoms with Crippen LogP contribution in [0.5, 0.6) is 0 Å². The molecule has 0 amide bonds. The lowest BCUT2D eigenvalue weighted by molar-refractivity contribution is -0.475. The first kappa shape index (κ1) is 16.2. The Morgan fingerprint density at radius 2 is 1.85 bits per heavy atom. The number of hydrogen-bond donors (Lipinski definition) is 0. The van der Waals surface area contributed by atoms with Gasteiger partial charge in [0.1, 0.15) is 5.60 Å². The van der Waals surface area contributed by atoms with E-state index >= 15 is 0 Å². The third kappa shape index (κ3) is 5.43. The fourth-order valence-electron chi connectivity index (χ4n) is 1.75. The molecule has 1 rings (SSSR count). The molecule has 0 unspecified atom stereocenters. The van der Waals surface area contributed by atoms with Crippen molar-refractivity contribution < 1.29 is 14.3 Å². The summed E-state index contributed by atoms with van der Waals surface area (Å²) in [5.41, 5.74) is 0.467. The first-order chi connectivity index (χ1) is 9.33. The van der Waals surface area contributed by atoms with Gasteiger partial charge in [0.25, 0.3) is 5.71 Å². The molecule has 0 radical (unpaired) electrons. The van der Waals surface area contributed by atoms with E-state index < -0.39 is 11.6 Å². The minimum atomic E-state index is -0.594. The number of rotatable bonds is 5. The third-order valence-electron chi connectivity index (χ3n) is 2.59. The van der Waals surface area contributed by atoms with E-state index in [9.17, 15) is 10.0 Å². The van der Waals surface area contributed by atoms with E-state index in [-0.39, 0.29) is 12.3 Å². The molecule has 0 fully saturated rings. The van der Waals surface area contributed by atoms with Crippen LogP contribution in [0.3, 0.4) is 0 Å². The van der Waals surface area contributed by atoms with Gasteiger partial charge in [0.05, 0.1) is 0 Å². The maximum Gasteiger partial charge on any atom is 0.400 e.